The third-order valence-electron chi connectivity index (χ3n) is 4.22. The Kier molecular flexibility index (Phi) is 5.69. The maximum atomic E-state index is 12.8. The number of hydrogen-bond donors (Lipinski definition) is 1. The van der Waals surface area contributed by atoms with Crippen LogP contribution in [0.2, 0.25) is 0 Å². The topological polar surface area (TPSA) is 55.1 Å². The van der Waals surface area contributed by atoms with E-state index in [4.69, 9.17) is 4.42 Å². The normalized spacial score (nSPS) is 10.9. The average molecular weight is 407 g/mol. The van der Waals surface area contributed by atoms with Crippen molar-refractivity contribution in [3.63, 3.8) is 0 Å². The lowest BCUT2D eigenvalue weighted by atomic mass is 10.1. The van der Waals surface area contributed by atoms with E-state index in [0.29, 0.717) is 16.5 Å². The van der Waals surface area contributed by atoms with Crippen molar-refractivity contribution in [1.82, 2.24) is 4.98 Å². The van der Waals surface area contributed by atoms with Crippen LogP contribution >= 0.6 is 23.5 Å². The predicted molar refractivity (Wildman–Crippen MR) is 116 cm³/mol. The Labute approximate surface area is 171 Å². The van der Waals surface area contributed by atoms with Crippen molar-refractivity contribution < 1.29 is 9.21 Å². The lowest BCUT2D eigenvalue weighted by molar-refractivity contribution is 0.102. The van der Waals surface area contributed by atoms with Crippen LogP contribution in [0.4, 0.5) is 5.69 Å². The molecule has 1 N–H and O–H groups in total. The van der Waals surface area contributed by atoms with Crippen LogP contribution in [0.3, 0.4) is 0 Å². The molecule has 6 heteroatoms. The van der Waals surface area contributed by atoms with Crippen LogP contribution < -0.4 is 5.32 Å². The SMILES string of the molecule is CSc1cccc(NC(=O)c2ccccc2CSc2nc3ccccc3o2)c1. The molecule has 0 saturated carbocycles. The molecule has 0 radical (unpaired) electrons. The van der Waals surface area contributed by atoms with Crippen molar-refractivity contribution in [1.29, 1.82) is 0 Å². The Morgan fingerprint density at radius 3 is 2.71 bits per heavy atom. The number of hydrogen-bond acceptors (Lipinski definition) is 5. The van der Waals surface area contributed by atoms with Crippen LogP contribution in [0.15, 0.2) is 87.3 Å². The van der Waals surface area contributed by atoms with Crippen LogP contribution in [-0.2, 0) is 5.75 Å². The van der Waals surface area contributed by atoms with Crippen molar-refractivity contribution in [3.8, 4) is 0 Å². The van der Waals surface area contributed by atoms with Gasteiger partial charge in [-0.2, -0.15) is 0 Å². The smallest absolute Gasteiger partial charge is 0.257 e. The molecule has 0 saturated heterocycles. The van der Waals surface area contributed by atoms with Gasteiger partial charge in [-0.25, -0.2) is 4.98 Å². The van der Waals surface area contributed by atoms with Crippen molar-refractivity contribution in [2.75, 3.05) is 11.6 Å². The molecule has 3 aromatic carbocycles. The van der Waals surface area contributed by atoms with Gasteiger partial charge < -0.3 is 9.73 Å². The highest BCUT2D eigenvalue weighted by Gasteiger charge is 2.13. The van der Waals surface area contributed by atoms with Gasteiger partial charge in [-0.15, -0.1) is 11.8 Å². The highest BCUT2D eigenvalue weighted by atomic mass is 32.2. The molecule has 28 heavy (non-hydrogen) atoms. The molecule has 1 amide bonds. The first kappa shape index (κ1) is 18.7. The van der Waals surface area contributed by atoms with Gasteiger partial charge in [0.2, 0.25) is 0 Å². The summed E-state index contributed by atoms with van der Waals surface area (Å²) in [6.07, 6.45) is 2.01. The minimum absolute atomic E-state index is 0.119. The summed E-state index contributed by atoms with van der Waals surface area (Å²) in [6, 6.07) is 23.1. The summed E-state index contributed by atoms with van der Waals surface area (Å²) in [5, 5.41) is 3.59. The molecular formula is C22H18N2O2S2. The largest absolute Gasteiger partial charge is 0.431 e. The van der Waals surface area contributed by atoms with Gasteiger partial charge in [0.05, 0.1) is 0 Å². The molecule has 0 spiro atoms. The predicted octanol–water partition coefficient (Wildman–Crippen LogP) is 6.09. The Bertz CT molecular complexity index is 1090. The molecule has 0 bridgehead atoms. The summed E-state index contributed by atoms with van der Waals surface area (Å²) >= 11 is 3.13. The zero-order chi connectivity index (χ0) is 19.3. The van der Waals surface area contributed by atoms with Crippen LogP contribution in [0.1, 0.15) is 15.9 Å². The van der Waals surface area contributed by atoms with E-state index in [9.17, 15) is 4.79 Å². The molecule has 0 unspecified atom stereocenters. The number of thioether (sulfide) groups is 2. The highest BCUT2D eigenvalue weighted by molar-refractivity contribution is 7.98. The number of nitrogens with one attached hydrogen (secondary N) is 1. The molecule has 4 nitrogen and oxygen atoms in total. The summed E-state index contributed by atoms with van der Waals surface area (Å²) in [6.45, 7) is 0. The third kappa shape index (κ3) is 4.24. The second-order valence-electron chi connectivity index (χ2n) is 6.08. The minimum atomic E-state index is -0.119. The van der Waals surface area contributed by atoms with E-state index >= 15 is 0 Å². The fraction of sp³-hybridized carbons (Fsp3) is 0.0909. The molecule has 4 rings (SSSR count). The summed E-state index contributed by atoms with van der Waals surface area (Å²) in [5.41, 5.74) is 3.99. The van der Waals surface area contributed by atoms with Gasteiger partial charge in [0.15, 0.2) is 5.58 Å². The monoisotopic (exact) mass is 406 g/mol. The van der Waals surface area contributed by atoms with E-state index in [1.54, 1.807) is 11.8 Å². The first-order valence-corrected chi connectivity index (χ1v) is 11.0. The Morgan fingerprint density at radius 2 is 1.86 bits per heavy atom. The standard InChI is InChI=1S/C22H18N2O2S2/c1-27-17-9-6-8-16(13-17)23-21(25)18-10-3-2-7-15(18)14-28-22-24-19-11-4-5-12-20(19)26-22/h2-13H,14H2,1H3,(H,23,25). The first-order valence-electron chi connectivity index (χ1n) is 8.74. The molecular weight excluding hydrogens is 388 g/mol. The number of carbonyl (C=O) groups is 1. The number of para-hydroxylation sites is 2. The number of carbonyl (C=O) groups excluding carboxylic acids is 1. The number of oxazole rings is 1. The zero-order valence-corrected chi connectivity index (χ0v) is 16.8. The number of nitrogens with zero attached hydrogens (tertiary/aromatic N) is 1. The van der Waals surface area contributed by atoms with E-state index in [1.807, 2.05) is 79.1 Å². The van der Waals surface area contributed by atoms with Gasteiger partial charge in [-0.3, -0.25) is 4.79 Å². The van der Waals surface area contributed by atoms with Crippen LogP contribution in [0.25, 0.3) is 11.1 Å². The number of rotatable bonds is 6. The highest BCUT2D eigenvalue weighted by Crippen LogP contribution is 2.28. The Morgan fingerprint density at radius 1 is 1.04 bits per heavy atom. The lowest BCUT2D eigenvalue weighted by Crippen LogP contribution is -2.14. The molecule has 0 fully saturated rings. The molecule has 140 valence electrons. The van der Waals surface area contributed by atoms with E-state index in [2.05, 4.69) is 10.3 Å². The quantitative estimate of drug-likeness (QED) is 0.392. The lowest BCUT2D eigenvalue weighted by Gasteiger charge is -2.10. The first-order chi connectivity index (χ1) is 13.7. The van der Waals surface area contributed by atoms with Gasteiger partial charge in [0, 0.05) is 21.9 Å². The number of benzene rings is 3. The summed E-state index contributed by atoms with van der Waals surface area (Å²) < 4.78 is 5.76. The Balaban J connectivity index is 1.50. The zero-order valence-electron chi connectivity index (χ0n) is 15.2. The third-order valence-corrected chi connectivity index (χ3v) is 5.82. The average Bonchev–Trinajstić information content (AvgIpc) is 3.15. The van der Waals surface area contributed by atoms with Crippen LogP contribution in [0.5, 0.6) is 0 Å². The molecule has 4 aromatic rings. The molecule has 0 aliphatic carbocycles. The maximum absolute atomic E-state index is 12.8. The summed E-state index contributed by atoms with van der Waals surface area (Å²) in [7, 11) is 0. The van der Waals surface area contributed by atoms with Crippen LogP contribution in [0, 0.1) is 0 Å². The van der Waals surface area contributed by atoms with Gasteiger partial charge in [0.1, 0.15) is 5.52 Å². The van der Waals surface area contributed by atoms with Gasteiger partial charge in [-0.05, 0) is 48.2 Å². The van der Waals surface area contributed by atoms with E-state index in [-0.39, 0.29) is 5.91 Å². The fourth-order valence-electron chi connectivity index (χ4n) is 2.82. The Hall–Kier alpha value is -2.70. The molecule has 0 aliphatic rings. The minimum Gasteiger partial charge on any atom is -0.431 e. The second-order valence-corrected chi connectivity index (χ2v) is 7.89. The number of fused-ring (bicyclic) bond motifs is 1. The van der Waals surface area contributed by atoms with E-state index in [0.717, 1.165) is 27.2 Å². The van der Waals surface area contributed by atoms with E-state index in [1.165, 1.54) is 11.8 Å². The number of amides is 1. The maximum Gasteiger partial charge on any atom is 0.257 e. The van der Waals surface area contributed by atoms with Crippen molar-refractivity contribution in [2.24, 2.45) is 0 Å². The molecule has 0 aliphatic heterocycles. The van der Waals surface area contributed by atoms with Crippen molar-refractivity contribution in [2.45, 2.75) is 15.9 Å². The molecule has 0 atom stereocenters. The van der Waals surface area contributed by atoms with Crippen molar-refractivity contribution >= 4 is 46.2 Å². The fourth-order valence-corrected chi connectivity index (χ4v) is 4.12. The van der Waals surface area contributed by atoms with Gasteiger partial charge in [-0.1, -0.05) is 48.2 Å². The van der Waals surface area contributed by atoms with E-state index < -0.39 is 0 Å². The van der Waals surface area contributed by atoms with Crippen LogP contribution in [-0.4, -0.2) is 17.1 Å². The van der Waals surface area contributed by atoms with Gasteiger partial charge >= 0.3 is 0 Å². The summed E-state index contributed by atoms with van der Waals surface area (Å²) in [4.78, 5) is 18.4. The summed E-state index contributed by atoms with van der Waals surface area (Å²) in [5.74, 6) is 0.480. The number of anilines is 1. The second kappa shape index (κ2) is 8.54. The number of aromatic nitrogens is 1. The molecule has 1 aromatic heterocycles. The molecule has 1 heterocycles. The van der Waals surface area contributed by atoms with Crippen molar-refractivity contribution in [3.05, 3.63) is 83.9 Å². The van der Waals surface area contributed by atoms with Gasteiger partial charge in [0.25, 0.3) is 11.1 Å².